The summed E-state index contributed by atoms with van der Waals surface area (Å²) < 4.78 is 0. The fourth-order valence-electron chi connectivity index (χ4n) is 4.12. The Morgan fingerprint density at radius 3 is 2.48 bits per heavy atom. The highest BCUT2D eigenvalue weighted by molar-refractivity contribution is 5.55. The van der Waals surface area contributed by atoms with Gasteiger partial charge in [0.05, 0.1) is 0 Å². The van der Waals surface area contributed by atoms with Gasteiger partial charge in [0.2, 0.25) is 0 Å². The number of fused-ring (bicyclic) bond motifs is 1. The summed E-state index contributed by atoms with van der Waals surface area (Å²) >= 11 is 0. The van der Waals surface area contributed by atoms with Gasteiger partial charge in [-0.2, -0.15) is 0 Å². The van der Waals surface area contributed by atoms with Crippen LogP contribution in [0.5, 0.6) is 0 Å². The van der Waals surface area contributed by atoms with Crippen molar-refractivity contribution in [2.24, 2.45) is 11.3 Å². The molecule has 1 saturated carbocycles. The molecule has 1 aliphatic carbocycles. The second kappa shape index (κ2) is 6.00. The summed E-state index contributed by atoms with van der Waals surface area (Å²) in [6.07, 6.45) is 5.49. The van der Waals surface area contributed by atoms with Crippen LogP contribution in [0.1, 0.15) is 52.0 Å². The number of hydrogen-bond acceptors (Lipinski definition) is 2. The Hall–Kier alpha value is -1.02. The van der Waals surface area contributed by atoms with Crippen LogP contribution in [0.4, 0.5) is 5.69 Å². The van der Waals surface area contributed by atoms with Gasteiger partial charge in [0.1, 0.15) is 0 Å². The zero-order valence-electron chi connectivity index (χ0n) is 13.9. The predicted molar refractivity (Wildman–Crippen MR) is 90.7 cm³/mol. The van der Waals surface area contributed by atoms with E-state index in [1.807, 2.05) is 0 Å². The molecular weight excluding hydrogens is 256 g/mol. The zero-order chi connectivity index (χ0) is 14.9. The quantitative estimate of drug-likeness (QED) is 0.832. The fourth-order valence-corrected chi connectivity index (χ4v) is 4.12. The minimum Gasteiger partial charge on any atom is -0.367 e. The molecule has 1 heterocycles. The summed E-state index contributed by atoms with van der Waals surface area (Å²) in [6.45, 7) is 10.5. The third kappa shape index (κ3) is 3.26. The molecule has 0 unspecified atom stereocenters. The maximum atomic E-state index is 3.56. The second-order valence-corrected chi connectivity index (χ2v) is 7.87. The molecule has 2 nitrogen and oxygen atoms in total. The Labute approximate surface area is 129 Å². The van der Waals surface area contributed by atoms with Gasteiger partial charge >= 0.3 is 0 Å². The number of benzene rings is 1. The predicted octanol–water partition coefficient (Wildman–Crippen LogP) is 4.20. The molecule has 1 aromatic rings. The van der Waals surface area contributed by atoms with Crippen LogP contribution in [0.15, 0.2) is 24.3 Å². The third-order valence-electron chi connectivity index (χ3n) is 5.51. The summed E-state index contributed by atoms with van der Waals surface area (Å²) in [7, 11) is 0. The van der Waals surface area contributed by atoms with Gasteiger partial charge in [-0.15, -0.1) is 0 Å². The molecule has 0 bridgehead atoms. The van der Waals surface area contributed by atoms with Gasteiger partial charge in [0, 0.05) is 31.4 Å². The van der Waals surface area contributed by atoms with E-state index in [0.29, 0.717) is 5.41 Å². The number of para-hydroxylation sites is 1. The van der Waals surface area contributed by atoms with Crippen molar-refractivity contribution in [2.45, 2.75) is 59.0 Å². The van der Waals surface area contributed by atoms with E-state index in [-0.39, 0.29) is 0 Å². The first kappa shape index (κ1) is 14.9. The molecule has 0 amide bonds. The van der Waals surface area contributed by atoms with Crippen molar-refractivity contribution in [1.29, 1.82) is 0 Å². The first-order chi connectivity index (χ1) is 10.1. The topological polar surface area (TPSA) is 15.3 Å². The van der Waals surface area contributed by atoms with Crippen LogP contribution in [0.2, 0.25) is 0 Å². The summed E-state index contributed by atoms with van der Waals surface area (Å²) in [5.41, 5.74) is 3.41. The van der Waals surface area contributed by atoms with Crippen molar-refractivity contribution >= 4 is 5.69 Å². The largest absolute Gasteiger partial charge is 0.367 e. The van der Waals surface area contributed by atoms with Crippen LogP contribution in [-0.2, 0) is 6.54 Å². The normalized spacial score (nSPS) is 27.1. The molecule has 2 heteroatoms. The number of nitrogens with one attached hydrogen (secondary N) is 1. The highest BCUT2D eigenvalue weighted by atomic mass is 15.2. The lowest BCUT2D eigenvalue weighted by Gasteiger charge is -2.42. The first-order valence-electron chi connectivity index (χ1n) is 8.61. The Morgan fingerprint density at radius 1 is 1.05 bits per heavy atom. The van der Waals surface area contributed by atoms with Crippen molar-refractivity contribution in [1.82, 2.24) is 5.32 Å². The van der Waals surface area contributed by atoms with Crippen LogP contribution >= 0.6 is 0 Å². The number of nitrogens with zero attached hydrogens (tertiary/aromatic N) is 1. The second-order valence-electron chi connectivity index (χ2n) is 7.87. The molecule has 0 atom stereocenters. The van der Waals surface area contributed by atoms with Crippen molar-refractivity contribution in [3.05, 3.63) is 29.8 Å². The molecular formula is C19H30N2. The molecule has 0 radical (unpaired) electrons. The molecule has 1 N–H and O–H groups in total. The van der Waals surface area contributed by atoms with E-state index in [1.54, 1.807) is 0 Å². The highest BCUT2D eigenvalue weighted by Gasteiger charge is 2.32. The van der Waals surface area contributed by atoms with E-state index < -0.39 is 0 Å². The van der Waals surface area contributed by atoms with E-state index >= 15 is 0 Å². The molecule has 2 aliphatic rings. The van der Waals surface area contributed by atoms with E-state index in [1.165, 1.54) is 36.9 Å². The lowest BCUT2D eigenvalue weighted by Crippen LogP contribution is -2.42. The average molecular weight is 286 g/mol. The van der Waals surface area contributed by atoms with E-state index in [2.05, 4.69) is 55.3 Å². The molecule has 1 aromatic carbocycles. The SMILES string of the molecule is CC(C)(C)C1CCC(N2CCNCc3ccccc32)CC1. The fraction of sp³-hybridized carbons (Fsp3) is 0.684. The Balaban J connectivity index is 1.73. The van der Waals surface area contributed by atoms with Gasteiger partial charge in [0.25, 0.3) is 0 Å². The molecule has 21 heavy (non-hydrogen) atoms. The van der Waals surface area contributed by atoms with Gasteiger partial charge in [0.15, 0.2) is 0 Å². The molecule has 1 aliphatic heterocycles. The summed E-state index contributed by atoms with van der Waals surface area (Å²) in [4.78, 5) is 2.69. The summed E-state index contributed by atoms with van der Waals surface area (Å²) in [5, 5.41) is 3.56. The van der Waals surface area contributed by atoms with Crippen molar-refractivity contribution in [3.63, 3.8) is 0 Å². The smallest absolute Gasteiger partial charge is 0.0414 e. The number of rotatable bonds is 1. The molecule has 3 rings (SSSR count). The maximum absolute atomic E-state index is 3.56. The van der Waals surface area contributed by atoms with Gasteiger partial charge in [-0.25, -0.2) is 0 Å². The van der Waals surface area contributed by atoms with Gasteiger partial charge in [-0.3, -0.25) is 0 Å². The van der Waals surface area contributed by atoms with Crippen molar-refractivity contribution in [3.8, 4) is 0 Å². The van der Waals surface area contributed by atoms with Crippen molar-refractivity contribution in [2.75, 3.05) is 18.0 Å². The molecule has 0 spiro atoms. The third-order valence-corrected chi connectivity index (χ3v) is 5.51. The summed E-state index contributed by atoms with van der Waals surface area (Å²) in [6, 6.07) is 9.70. The Kier molecular flexibility index (Phi) is 4.26. The van der Waals surface area contributed by atoms with E-state index in [4.69, 9.17) is 0 Å². The maximum Gasteiger partial charge on any atom is 0.0414 e. The standard InChI is InChI=1S/C19H30N2/c1-19(2,3)16-8-10-17(11-9-16)21-13-12-20-14-15-6-4-5-7-18(15)21/h4-7,16-17,20H,8-14H2,1-3H3. The van der Waals surface area contributed by atoms with Gasteiger partial charge in [-0.05, 0) is 48.6 Å². The number of anilines is 1. The molecule has 0 saturated heterocycles. The summed E-state index contributed by atoms with van der Waals surface area (Å²) in [5.74, 6) is 0.897. The van der Waals surface area contributed by atoms with Crippen LogP contribution in [-0.4, -0.2) is 19.1 Å². The minimum atomic E-state index is 0.475. The van der Waals surface area contributed by atoms with Gasteiger partial charge < -0.3 is 10.2 Å². The Morgan fingerprint density at radius 2 is 1.76 bits per heavy atom. The monoisotopic (exact) mass is 286 g/mol. The van der Waals surface area contributed by atoms with Crippen LogP contribution in [0, 0.1) is 11.3 Å². The van der Waals surface area contributed by atoms with Crippen LogP contribution in [0.3, 0.4) is 0 Å². The van der Waals surface area contributed by atoms with E-state index in [9.17, 15) is 0 Å². The lowest BCUT2D eigenvalue weighted by atomic mass is 9.71. The minimum absolute atomic E-state index is 0.475. The van der Waals surface area contributed by atoms with Crippen LogP contribution < -0.4 is 10.2 Å². The molecule has 1 fully saturated rings. The van der Waals surface area contributed by atoms with E-state index in [0.717, 1.165) is 31.6 Å². The number of hydrogen-bond donors (Lipinski definition) is 1. The first-order valence-corrected chi connectivity index (χ1v) is 8.61. The van der Waals surface area contributed by atoms with Gasteiger partial charge in [-0.1, -0.05) is 39.0 Å². The molecule has 116 valence electrons. The van der Waals surface area contributed by atoms with Crippen LogP contribution in [0.25, 0.3) is 0 Å². The zero-order valence-corrected chi connectivity index (χ0v) is 13.9. The average Bonchev–Trinajstić information content (AvgIpc) is 2.69. The highest BCUT2D eigenvalue weighted by Crippen LogP contribution is 2.40. The lowest BCUT2D eigenvalue weighted by molar-refractivity contribution is 0.167. The van der Waals surface area contributed by atoms with Crippen molar-refractivity contribution < 1.29 is 0 Å². The Bertz CT molecular complexity index is 467. The molecule has 0 aromatic heterocycles.